The summed E-state index contributed by atoms with van der Waals surface area (Å²) in [5, 5.41) is 8.84. The second kappa shape index (κ2) is 7.04. The molecule has 4 heteroatoms. The fourth-order valence-corrected chi connectivity index (χ4v) is 1.66. The number of carbonyl (C=O) groups excluding carboxylic acids is 1. The van der Waals surface area contributed by atoms with Crippen molar-refractivity contribution in [2.45, 2.75) is 19.9 Å². The molecule has 4 nitrogen and oxygen atoms in total. The van der Waals surface area contributed by atoms with E-state index in [-0.39, 0.29) is 12.5 Å². The van der Waals surface area contributed by atoms with Crippen molar-refractivity contribution < 1.29 is 9.90 Å². The monoisotopic (exact) mass is 236 g/mol. The van der Waals surface area contributed by atoms with Crippen LogP contribution in [0.4, 0.5) is 0 Å². The van der Waals surface area contributed by atoms with Crippen LogP contribution in [0.2, 0.25) is 0 Å². The van der Waals surface area contributed by atoms with Gasteiger partial charge in [0, 0.05) is 19.6 Å². The molecule has 0 saturated carbocycles. The first kappa shape index (κ1) is 13.7. The van der Waals surface area contributed by atoms with Crippen LogP contribution in [0.25, 0.3) is 0 Å². The van der Waals surface area contributed by atoms with Crippen LogP contribution >= 0.6 is 0 Å². The Morgan fingerprint density at radius 1 is 1.29 bits per heavy atom. The lowest BCUT2D eigenvalue weighted by atomic mass is 10.1. The van der Waals surface area contributed by atoms with Crippen molar-refractivity contribution in [3.05, 3.63) is 35.4 Å². The van der Waals surface area contributed by atoms with Crippen molar-refractivity contribution in [1.82, 2.24) is 4.90 Å². The van der Waals surface area contributed by atoms with Gasteiger partial charge < -0.3 is 15.7 Å². The molecule has 1 aromatic rings. The summed E-state index contributed by atoms with van der Waals surface area (Å²) >= 11 is 0. The molecule has 1 rings (SSSR count). The molecule has 0 aliphatic rings. The van der Waals surface area contributed by atoms with E-state index in [1.54, 1.807) is 4.90 Å². The van der Waals surface area contributed by atoms with Crippen LogP contribution in [-0.2, 0) is 17.8 Å². The van der Waals surface area contributed by atoms with Crippen LogP contribution in [0, 0.1) is 0 Å². The van der Waals surface area contributed by atoms with Crippen molar-refractivity contribution >= 4 is 5.91 Å². The third kappa shape index (κ3) is 4.17. The number of aliphatic hydroxyl groups is 1. The summed E-state index contributed by atoms with van der Waals surface area (Å²) in [5.74, 6) is 0.0436. The zero-order valence-corrected chi connectivity index (χ0v) is 10.2. The zero-order valence-electron chi connectivity index (χ0n) is 10.2. The molecule has 0 aliphatic heterocycles. The van der Waals surface area contributed by atoms with Gasteiger partial charge in [0.25, 0.3) is 0 Å². The molecule has 17 heavy (non-hydrogen) atoms. The number of hydrogen-bond acceptors (Lipinski definition) is 3. The normalized spacial score (nSPS) is 10.3. The molecule has 1 amide bonds. The fraction of sp³-hybridized carbons (Fsp3) is 0.462. The highest BCUT2D eigenvalue weighted by molar-refractivity contribution is 5.78. The maximum absolute atomic E-state index is 11.9. The quantitative estimate of drug-likeness (QED) is 0.757. The first-order chi connectivity index (χ1) is 8.21. The molecule has 0 bridgehead atoms. The Balaban J connectivity index is 2.59. The summed E-state index contributed by atoms with van der Waals surface area (Å²) in [5.41, 5.74) is 7.54. The summed E-state index contributed by atoms with van der Waals surface area (Å²) in [6.07, 6.45) is 0.374. The maximum Gasteiger partial charge on any atom is 0.227 e. The van der Waals surface area contributed by atoms with E-state index in [4.69, 9.17) is 10.8 Å². The van der Waals surface area contributed by atoms with E-state index in [1.165, 1.54) is 0 Å². The van der Waals surface area contributed by atoms with Gasteiger partial charge in [-0.3, -0.25) is 4.79 Å². The van der Waals surface area contributed by atoms with Crippen molar-refractivity contribution in [3.8, 4) is 0 Å². The molecular formula is C13H20N2O2. The van der Waals surface area contributed by atoms with E-state index in [0.29, 0.717) is 26.1 Å². The first-order valence-corrected chi connectivity index (χ1v) is 5.87. The number of amides is 1. The lowest BCUT2D eigenvalue weighted by Crippen LogP contribution is -2.34. The largest absolute Gasteiger partial charge is 0.395 e. The Hall–Kier alpha value is -1.39. The average Bonchev–Trinajstić information content (AvgIpc) is 2.36. The van der Waals surface area contributed by atoms with Gasteiger partial charge in [0.2, 0.25) is 5.91 Å². The minimum Gasteiger partial charge on any atom is -0.395 e. The van der Waals surface area contributed by atoms with Crippen LogP contribution in [0.15, 0.2) is 24.3 Å². The highest BCUT2D eigenvalue weighted by atomic mass is 16.3. The number of likely N-dealkylation sites (N-methyl/N-ethyl adjacent to an activating group) is 1. The van der Waals surface area contributed by atoms with Crippen molar-refractivity contribution in [1.29, 1.82) is 0 Å². The van der Waals surface area contributed by atoms with E-state index in [9.17, 15) is 4.79 Å². The second-order valence-electron chi connectivity index (χ2n) is 3.89. The number of benzene rings is 1. The van der Waals surface area contributed by atoms with E-state index in [1.807, 2.05) is 31.2 Å². The van der Waals surface area contributed by atoms with Gasteiger partial charge in [0.05, 0.1) is 13.0 Å². The molecule has 0 atom stereocenters. The Kier molecular flexibility index (Phi) is 5.66. The molecule has 0 saturated heterocycles. The zero-order chi connectivity index (χ0) is 12.7. The summed E-state index contributed by atoms with van der Waals surface area (Å²) in [4.78, 5) is 13.5. The van der Waals surface area contributed by atoms with Crippen LogP contribution in [0.3, 0.4) is 0 Å². The molecular weight excluding hydrogens is 216 g/mol. The molecule has 0 aromatic heterocycles. The van der Waals surface area contributed by atoms with E-state index in [0.717, 1.165) is 11.1 Å². The summed E-state index contributed by atoms with van der Waals surface area (Å²) in [6.45, 7) is 3.45. The smallest absolute Gasteiger partial charge is 0.227 e. The number of hydrogen-bond donors (Lipinski definition) is 2. The van der Waals surface area contributed by atoms with E-state index in [2.05, 4.69) is 0 Å². The minimum absolute atomic E-state index is 0.00565. The summed E-state index contributed by atoms with van der Waals surface area (Å²) in [7, 11) is 0. The third-order valence-electron chi connectivity index (χ3n) is 2.72. The molecule has 0 unspecified atom stereocenters. The number of carbonyl (C=O) groups is 1. The Labute approximate surface area is 102 Å². The number of nitrogens with zero attached hydrogens (tertiary/aromatic N) is 1. The summed E-state index contributed by atoms with van der Waals surface area (Å²) < 4.78 is 0. The van der Waals surface area contributed by atoms with Crippen LogP contribution in [-0.4, -0.2) is 35.6 Å². The minimum atomic E-state index is 0.00565. The molecule has 0 radical (unpaired) electrons. The van der Waals surface area contributed by atoms with E-state index >= 15 is 0 Å². The van der Waals surface area contributed by atoms with Gasteiger partial charge in [-0.25, -0.2) is 0 Å². The SMILES string of the molecule is CCN(CCO)C(=O)Cc1ccc(CN)cc1. The maximum atomic E-state index is 11.9. The Morgan fingerprint density at radius 2 is 1.88 bits per heavy atom. The third-order valence-corrected chi connectivity index (χ3v) is 2.72. The number of aliphatic hydroxyl groups excluding tert-OH is 1. The van der Waals surface area contributed by atoms with Gasteiger partial charge in [-0.2, -0.15) is 0 Å². The molecule has 0 fully saturated rings. The lowest BCUT2D eigenvalue weighted by Gasteiger charge is -2.19. The highest BCUT2D eigenvalue weighted by Crippen LogP contribution is 2.06. The van der Waals surface area contributed by atoms with E-state index < -0.39 is 0 Å². The van der Waals surface area contributed by atoms with Crippen molar-refractivity contribution in [2.24, 2.45) is 5.73 Å². The number of nitrogens with two attached hydrogens (primary N) is 1. The second-order valence-corrected chi connectivity index (χ2v) is 3.89. The van der Waals surface area contributed by atoms with Gasteiger partial charge in [0.1, 0.15) is 0 Å². The molecule has 0 spiro atoms. The summed E-state index contributed by atoms with van der Waals surface area (Å²) in [6, 6.07) is 7.72. The molecule has 1 aromatic carbocycles. The predicted octanol–water partition coefficient (Wildman–Crippen LogP) is 0.529. The van der Waals surface area contributed by atoms with Crippen LogP contribution in [0.1, 0.15) is 18.1 Å². The fourth-order valence-electron chi connectivity index (χ4n) is 1.66. The van der Waals surface area contributed by atoms with Gasteiger partial charge in [0.15, 0.2) is 0 Å². The molecule has 94 valence electrons. The lowest BCUT2D eigenvalue weighted by molar-refractivity contribution is -0.130. The highest BCUT2D eigenvalue weighted by Gasteiger charge is 2.11. The van der Waals surface area contributed by atoms with Crippen LogP contribution < -0.4 is 5.73 Å². The topological polar surface area (TPSA) is 66.6 Å². The Bertz CT molecular complexity index is 349. The van der Waals surface area contributed by atoms with Crippen molar-refractivity contribution in [2.75, 3.05) is 19.7 Å². The predicted molar refractivity (Wildman–Crippen MR) is 67.4 cm³/mol. The van der Waals surface area contributed by atoms with Crippen LogP contribution in [0.5, 0.6) is 0 Å². The Morgan fingerprint density at radius 3 is 2.35 bits per heavy atom. The molecule has 0 aliphatic carbocycles. The first-order valence-electron chi connectivity index (χ1n) is 5.87. The standard InChI is InChI=1S/C13H20N2O2/c1-2-15(7-8-16)13(17)9-11-3-5-12(10-14)6-4-11/h3-6,16H,2,7-10,14H2,1H3. The van der Waals surface area contributed by atoms with Crippen molar-refractivity contribution in [3.63, 3.8) is 0 Å². The average molecular weight is 236 g/mol. The van der Waals surface area contributed by atoms with Gasteiger partial charge in [-0.15, -0.1) is 0 Å². The van der Waals surface area contributed by atoms with Gasteiger partial charge >= 0.3 is 0 Å². The number of rotatable bonds is 6. The molecule has 3 N–H and O–H groups in total. The van der Waals surface area contributed by atoms with Gasteiger partial charge in [-0.1, -0.05) is 24.3 Å². The molecule has 0 heterocycles. The van der Waals surface area contributed by atoms with Gasteiger partial charge in [-0.05, 0) is 18.1 Å².